The molecular weight excluding hydrogens is 331 g/mol. The van der Waals surface area contributed by atoms with Crippen LogP contribution in [0, 0.1) is 31.0 Å². The quantitative estimate of drug-likeness (QED) is 0.533. The molecule has 0 aliphatic heterocycles. The third-order valence-electron chi connectivity index (χ3n) is 4.45. The Morgan fingerprint density at radius 2 is 1.92 bits per heavy atom. The molecule has 1 aromatic carbocycles. The number of nitrogens with zero attached hydrogens (tertiary/aromatic N) is 4. The molecule has 2 heterocycles. The standard InChI is InChI=1S/C20H17FN4O/c1-13-15(10-18(11-22)24(13)3)4-9-20(26)19-12-23-25(14(19)2)17-7-5-16(21)6-8-17/h4-10,12H,1-3H3. The van der Waals surface area contributed by atoms with E-state index in [0.29, 0.717) is 22.6 Å². The number of nitriles is 1. The first-order valence-electron chi connectivity index (χ1n) is 8.01. The summed E-state index contributed by atoms with van der Waals surface area (Å²) >= 11 is 0. The average molecular weight is 348 g/mol. The van der Waals surface area contributed by atoms with E-state index < -0.39 is 0 Å². The van der Waals surface area contributed by atoms with Crippen molar-refractivity contribution in [2.75, 3.05) is 0 Å². The molecule has 6 heteroatoms. The lowest BCUT2D eigenvalue weighted by atomic mass is 10.1. The number of rotatable bonds is 4. The van der Waals surface area contributed by atoms with Crippen LogP contribution in [0.15, 0.2) is 42.6 Å². The van der Waals surface area contributed by atoms with Crippen molar-refractivity contribution in [2.24, 2.45) is 7.05 Å². The molecule has 3 rings (SSSR count). The van der Waals surface area contributed by atoms with Crippen LogP contribution in [0.1, 0.15) is 33.0 Å². The molecule has 26 heavy (non-hydrogen) atoms. The first-order chi connectivity index (χ1) is 12.4. The van der Waals surface area contributed by atoms with E-state index in [0.717, 1.165) is 11.3 Å². The van der Waals surface area contributed by atoms with Gasteiger partial charge in [-0.25, -0.2) is 9.07 Å². The molecule has 130 valence electrons. The molecule has 0 spiro atoms. The van der Waals surface area contributed by atoms with Crippen LogP contribution in [-0.4, -0.2) is 20.1 Å². The summed E-state index contributed by atoms with van der Waals surface area (Å²) in [6, 6.07) is 9.77. The largest absolute Gasteiger partial charge is 0.339 e. The maximum atomic E-state index is 13.1. The number of halogens is 1. The normalized spacial score (nSPS) is 11.0. The smallest absolute Gasteiger partial charge is 0.189 e. The van der Waals surface area contributed by atoms with Crippen LogP contribution in [0.4, 0.5) is 4.39 Å². The lowest BCUT2D eigenvalue weighted by Crippen LogP contribution is -2.01. The summed E-state index contributed by atoms with van der Waals surface area (Å²) in [6.45, 7) is 3.68. The fourth-order valence-electron chi connectivity index (χ4n) is 2.75. The second-order valence-corrected chi connectivity index (χ2v) is 5.97. The van der Waals surface area contributed by atoms with Crippen molar-refractivity contribution < 1.29 is 9.18 Å². The van der Waals surface area contributed by atoms with E-state index in [1.165, 1.54) is 24.4 Å². The molecule has 0 saturated carbocycles. The minimum Gasteiger partial charge on any atom is -0.339 e. The zero-order valence-electron chi connectivity index (χ0n) is 14.7. The minimum atomic E-state index is -0.326. The van der Waals surface area contributed by atoms with E-state index in [1.807, 2.05) is 14.0 Å². The monoisotopic (exact) mass is 348 g/mol. The molecule has 0 fully saturated rings. The fraction of sp³-hybridized carbons (Fsp3) is 0.150. The summed E-state index contributed by atoms with van der Waals surface area (Å²) in [5.74, 6) is -0.509. The summed E-state index contributed by atoms with van der Waals surface area (Å²) < 4.78 is 16.5. The van der Waals surface area contributed by atoms with Crippen LogP contribution in [0.2, 0.25) is 0 Å². The third-order valence-corrected chi connectivity index (χ3v) is 4.45. The van der Waals surface area contributed by atoms with Crippen molar-refractivity contribution in [2.45, 2.75) is 13.8 Å². The van der Waals surface area contributed by atoms with Gasteiger partial charge in [0.15, 0.2) is 5.78 Å². The maximum Gasteiger partial charge on any atom is 0.189 e. The van der Waals surface area contributed by atoms with Gasteiger partial charge in [-0.15, -0.1) is 0 Å². The molecule has 0 N–H and O–H groups in total. The van der Waals surface area contributed by atoms with Gasteiger partial charge in [-0.3, -0.25) is 4.79 Å². The van der Waals surface area contributed by atoms with Gasteiger partial charge in [0, 0.05) is 12.7 Å². The zero-order chi connectivity index (χ0) is 18.8. The number of allylic oxidation sites excluding steroid dienone is 1. The summed E-state index contributed by atoms with van der Waals surface area (Å²) in [4.78, 5) is 12.5. The summed E-state index contributed by atoms with van der Waals surface area (Å²) in [5.41, 5.74) is 4.10. The Labute approximate surface area is 150 Å². The van der Waals surface area contributed by atoms with E-state index in [2.05, 4.69) is 11.2 Å². The highest BCUT2D eigenvalue weighted by molar-refractivity contribution is 6.07. The van der Waals surface area contributed by atoms with Crippen molar-refractivity contribution in [3.05, 3.63) is 76.6 Å². The second-order valence-electron chi connectivity index (χ2n) is 5.97. The second kappa shape index (κ2) is 6.81. The Morgan fingerprint density at radius 1 is 1.23 bits per heavy atom. The van der Waals surface area contributed by atoms with Crippen LogP contribution in [0.3, 0.4) is 0 Å². The molecule has 5 nitrogen and oxygen atoms in total. The maximum absolute atomic E-state index is 13.1. The van der Waals surface area contributed by atoms with Gasteiger partial charge < -0.3 is 4.57 Å². The van der Waals surface area contributed by atoms with Gasteiger partial charge in [0.1, 0.15) is 17.6 Å². The zero-order valence-corrected chi connectivity index (χ0v) is 14.7. The Kier molecular flexibility index (Phi) is 4.55. The van der Waals surface area contributed by atoms with Crippen LogP contribution in [0.25, 0.3) is 11.8 Å². The Hall–Kier alpha value is -3.46. The van der Waals surface area contributed by atoms with E-state index in [9.17, 15) is 9.18 Å². The van der Waals surface area contributed by atoms with Gasteiger partial charge in [-0.05, 0) is 61.9 Å². The van der Waals surface area contributed by atoms with Gasteiger partial charge in [-0.2, -0.15) is 10.4 Å². The average Bonchev–Trinajstić information content (AvgIpc) is 3.15. The Bertz CT molecular complexity index is 1050. The number of ketones is 1. The lowest BCUT2D eigenvalue weighted by Gasteiger charge is -2.04. The molecule has 0 atom stereocenters. The van der Waals surface area contributed by atoms with Crippen LogP contribution < -0.4 is 0 Å². The third kappa shape index (κ3) is 3.07. The highest BCUT2D eigenvalue weighted by Crippen LogP contribution is 2.18. The van der Waals surface area contributed by atoms with Gasteiger partial charge in [0.2, 0.25) is 0 Å². The van der Waals surface area contributed by atoms with Crippen molar-refractivity contribution in [3.63, 3.8) is 0 Å². The van der Waals surface area contributed by atoms with E-state index in [-0.39, 0.29) is 11.6 Å². The lowest BCUT2D eigenvalue weighted by molar-refractivity contribution is 0.104. The van der Waals surface area contributed by atoms with Crippen LogP contribution in [0.5, 0.6) is 0 Å². The van der Waals surface area contributed by atoms with E-state index in [4.69, 9.17) is 5.26 Å². The number of hydrogen-bond acceptors (Lipinski definition) is 3. The number of hydrogen-bond donors (Lipinski definition) is 0. The van der Waals surface area contributed by atoms with Gasteiger partial charge >= 0.3 is 0 Å². The first-order valence-corrected chi connectivity index (χ1v) is 8.01. The SMILES string of the molecule is Cc1c(C(=O)C=Cc2cc(C#N)n(C)c2C)cnn1-c1ccc(F)cc1. The Morgan fingerprint density at radius 3 is 2.54 bits per heavy atom. The van der Waals surface area contributed by atoms with E-state index in [1.54, 1.807) is 40.4 Å². The van der Waals surface area contributed by atoms with Crippen molar-refractivity contribution in [1.82, 2.24) is 14.3 Å². The molecule has 0 aliphatic carbocycles. The first kappa shape index (κ1) is 17.4. The number of carbonyl (C=O) groups excluding carboxylic acids is 1. The molecule has 0 radical (unpaired) electrons. The molecule has 0 amide bonds. The van der Waals surface area contributed by atoms with Gasteiger partial charge in [0.25, 0.3) is 0 Å². The van der Waals surface area contributed by atoms with Crippen molar-refractivity contribution in [3.8, 4) is 11.8 Å². The molecule has 0 saturated heterocycles. The summed E-state index contributed by atoms with van der Waals surface area (Å²) in [6.07, 6.45) is 4.68. The highest BCUT2D eigenvalue weighted by atomic mass is 19.1. The number of carbonyl (C=O) groups is 1. The van der Waals surface area contributed by atoms with Crippen LogP contribution in [-0.2, 0) is 7.05 Å². The highest BCUT2D eigenvalue weighted by Gasteiger charge is 2.14. The Balaban J connectivity index is 1.87. The minimum absolute atomic E-state index is 0.183. The van der Waals surface area contributed by atoms with Gasteiger partial charge in [0.05, 0.1) is 23.1 Å². The number of aromatic nitrogens is 3. The molecule has 3 aromatic rings. The predicted octanol–water partition coefficient (Wildman–Crippen LogP) is 3.73. The summed E-state index contributed by atoms with van der Waals surface area (Å²) in [5, 5.41) is 13.3. The molecule has 2 aromatic heterocycles. The number of benzene rings is 1. The van der Waals surface area contributed by atoms with Gasteiger partial charge in [-0.1, -0.05) is 0 Å². The summed E-state index contributed by atoms with van der Waals surface area (Å²) in [7, 11) is 1.81. The van der Waals surface area contributed by atoms with Crippen molar-refractivity contribution >= 4 is 11.9 Å². The topological polar surface area (TPSA) is 63.6 Å². The predicted molar refractivity (Wildman–Crippen MR) is 96.5 cm³/mol. The van der Waals surface area contributed by atoms with Crippen LogP contribution >= 0.6 is 0 Å². The molecule has 0 aliphatic rings. The van der Waals surface area contributed by atoms with E-state index >= 15 is 0 Å². The molecular formula is C20H17FN4O. The fourth-order valence-corrected chi connectivity index (χ4v) is 2.75. The molecule has 0 unspecified atom stereocenters. The van der Waals surface area contributed by atoms with Crippen molar-refractivity contribution in [1.29, 1.82) is 5.26 Å². The molecule has 0 bridgehead atoms.